The number of carbonyl (C=O) groups is 1. The van der Waals surface area contributed by atoms with Gasteiger partial charge in [-0.25, -0.2) is 4.98 Å². The van der Waals surface area contributed by atoms with Gasteiger partial charge in [0, 0.05) is 19.3 Å². The molecule has 0 bridgehead atoms. The molecule has 0 saturated heterocycles. The standard InChI is InChI=1S/C13H19ClN2O2/c1-2-3-10(6-7-17)8-16-13(18)12-5-4-11(14)9-15-12/h4-5,9-10,17H,2-3,6-8H2,1H3,(H,16,18). The molecular formula is C13H19ClN2O2. The highest BCUT2D eigenvalue weighted by Gasteiger charge is 2.11. The Labute approximate surface area is 112 Å². The van der Waals surface area contributed by atoms with Gasteiger partial charge in [0.05, 0.1) is 5.02 Å². The predicted octanol–water partition coefficient (Wildman–Crippen LogP) is 2.26. The van der Waals surface area contributed by atoms with Crippen LogP contribution in [0, 0.1) is 5.92 Å². The van der Waals surface area contributed by atoms with E-state index >= 15 is 0 Å². The lowest BCUT2D eigenvalue weighted by Crippen LogP contribution is -2.30. The Morgan fingerprint density at radius 3 is 2.83 bits per heavy atom. The molecule has 1 heterocycles. The molecule has 1 aromatic rings. The van der Waals surface area contributed by atoms with Crippen LogP contribution < -0.4 is 5.32 Å². The molecule has 0 spiro atoms. The van der Waals surface area contributed by atoms with E-state index in [-0.39, 0.29) is 12.5 Å². The number of nitrogens with one attached hydrogen (secondary N) is 1. The summed E-state index contributed by atoms with van der Waals surface area (Å²) in [7, 11) is 0. The Morgan fingerprint density at radius 1 is 1.50 bits per heavy atom. The van der Waals surface area contributed by atoms with Crippen LogP contribution in [0.15, 0.2) is 18.3 Å². The van der Waals surface area contributed by atoms with E-state index in [9.17, 15) is 4.79 Å². The van der Waals surface area contributed by atoms with Crippen LogP contribution in [0.3, 0.4) is 0 Å². The van der Waals surface area contributed by atoms with Crippen molar-refractivity contribution in [3.63, 3.8) is 0 Å². The Kier molecular flexibility index (Phi) is 6.68. The van der Waals surface area contributed by atoms with Gasteiger partial charge in [-0.05, 0) is 30.9 Å². The number of aliphatic hydroxyl groups is 1. The molecular weight excluding hydrogens is 252 g/mol. The van der Waals surface area contributed by atoms with Crippen molar-refractivity contribution < 1.29 is 9.90 Å². The lowest BCUT2D eigenvalue weighted by Gasteiger charge is -2.15. The molecule has 1 atom stereocenters. The zero-order valence-corrected chi connectivity index (χ0v) is 11.3. The number of nitrogens with zero attached hydrogens (tertiary/aromatic N) is 1. The normalized spacial score (nSPS) is 12.2. The number of aliphatic hydroxyl groups excluding tert-OH is 1. The molecule has 0 aromatic carbocycles. The Morgan fingerprint density at radius 2 is 2.28 bits per heavy atom. The van der Waals surface area contributed by atoms with E-state index in [1.165, 1.54) is 6.20 Å². The van der Waals surface area contributed by atoms with Crippen LogP contribution in [0.25, 0.3) is 0 Å². The molecule has 5 heteroatoms. The molecule has 1 aromatic heterocycles. The first-order chi connectivity index (χ1) is 8.67. The first kappa shape index (κ1) is 14.9. The van der Waals surface area contributed by atoms with Crippen LogP contribution >= 0.6 is 11.6 Å². The van der Waals surface area contributed by atoms with Gasteiger partial charge in [0.15, 0.2) is 0 Å². The summed E-state index contributed by atoms with van der Waals surface area (Å²) in [6.45, 7) is 2.81. The number of carbonyl (C=O) groups excluding carboxylic acids is 1. The quantitative estimate of drug-likeness (QED) is 0.799. The average molecular weight is 271 g/mol. The molecule has 4 nitrogen and oxygen atoms in total. The zero-order chi connectivity index (χ0) is 13.4. The van der Waals surface area contributed by atoms with E-state index in [1.807, 2.05) is 0 Å². The van der Waals surface area contributed by atoms with Crippen molar-refractivity contribution >= 4 is 17.5 Å². The van der Waals surface area contributed by atoms with Gasteiger partial charge < -0.3 is 10.4 Å². The Balaban J connectivity index is 2.46. The number of amides is 1. The van der Waals surface area contributed by atoms with Crippen LogP contribution in [0.5, 0.6) is 0 Å². The monoisotopic (exact) mass is 270 g/mol. The van der Waals surface area contributed by atoms with E-state index in [2.05, 4.69) is 17.2 Å². The lowest BCUT2D eigenvalue weighted by molar-refractivity contribution is 0.0938. The van der Waals surface area contributed by atoms with Crippen LogP contribution in [0.1, 0.15) is 36.7 Å². The van der Waals surface area contributed by atoms with E-state index in [1.54, 1.807) is 12.1 Å². The van der Waals surface area contributed by atoms with Gasteiger partial charge >= 0.3 is 0 Å². The van der Waals surface area contributed by atoms with Crippen molar-refractivity contribution in [3.05, 3.63) is 29.0 Å². The zero-order valence-electron chi connectivity index (χ0n) is 10.5. The second kappa shape index (κ2) is 8.06. The molecule has 1 amide bonds. The molecule has 0 aliphatic carbocycles. The fourth-order valence-corrected chi connectivity index (χ4v) is 1.89. The maximum Gasteiger partial charge on any atom is 0.269 e. The van der Waals surface area contributed by atoms with Gasteiger partial charge in [0.2, 0.25) is 0 Å². The molecule has 100 valence electrons. The van der Waals surface area contributed by atoms with Gasteiger partial charge in [0.25, 0.3) is 5.91 Å². The van der Waals surface area contributed by atoms with Gasteiger partial charge in [-0.3, -0.25) is 4.79 Å². The minimum atomic E-state index is -0.203. The van der Waals surface area contributed by atoms with Gasteiger partial charge in [-0.2, -0.15) is 0 Å². The molecule has 0 saturated carbocycles. The van der Waals surface area contributed by atoms with Crippen molar-refractivity contribution in [1.82, 2.24) is 10.3 Å². The van der Waals surface area contributed by atoms with E-state index in [0.29, 0.717) is 29.6 Å². The average Bonchev–Trinajstić information content (AvgIpc) is 2.37. The summed E-state index contributed by atoms with van der Waals surface area (Å²) in [5.74, 6) is 0.113. The molecule has 0 radical (unpaired) electrons. The number of hydrogen-bond donors (Lipinski definition) is 2. The summed E-state index contributed by atoms with van der Waals surface area (Å²) in [6.07, 6.45) is 4.20. The Bertz CT molecular complexity index is 362. The SMILES string of the molecule is CCCC(CCO)CNC(=O)c1ccc(Cl)cn1. The third-order valence-electron chi connectivity index (χ3n) is 2.75. The first-order valence-electron chi connectivity index (χ1n) is 6.18. The van der Waals surface area contributed by atoms with Crippen molar-refractivity contribution in [3.8, 4) is 0 Å². The highest BCUT2D eigenvalue weighted by molar-refractivity contribution is 6.30. The maximum absolute atomic E-state index is 11.8. The summed E-state index contributed by atoms with van der Waals surface area (Å²) < 4.78 is 0. The topological polar surface area (TPSA) is 62.2 Å². The van der Waals surface area contributed by atoms with Gasteiger partial charge in [-0.1, -0.05) is 24.9 Å². The fraction of sp³-hybridized carbons (Fsp3) is 0.538. The smallest absolute Gasteiger partial charge is 0.269 e. The lowest BCUT2D eigenvalue weighted by atomic mass is 10.0. The minimum absolute atomic E-state index is 0.153. The van der Waals surface area contributed by atoms with Crippen LogP contribution in [-0.2, 0) is 0 Å². The largest absolute Gasteiger partial charge is 0.396 e. The van der Waals surface area contributed by atoms with Crippen molar-refractivity contribution in [2.75, 3.05) is 13.2 Å². The molecule has 2 N–H and O–H groups in total. The highest BCUT2D eigenvalue weighted by atomic mass is 35.5. The van der Waals surface area contributed by atoms with E-state index in [4.69, 9.17) is 16.7 Å². The Hall–Kier alpha value is -1.13. The third-order valence-corrected chi connectivity index (χ3v) is 2.97. The van der Waals surface area contributed by atoms with Crippen LogP contribution in [0.4, 0.5) is 0 Å². The second-order valence-electron chi connectivity index (χ2n) is 4.24. The molecule has 1 rings (SSSR count). The number of rotatable bonds is 7. The van der Waals surface area contributed by atoms with Gasteiger partial charge in [-0.15, -0.1) is 0 Å². The van der Waals surface area contributed by atoms with Crippen LogP contribution in [0.2, 0.25) is 5.02 Å². The number of halogens is 1. The first-order valence-corrected chi connectivity index (χ1v) is 6.55. The van der Waals surface area contributed by atoms with E-state index in [0.717, 1.165) is 12.8 Å². The molecule has 0 aliphatic heterocycles. The maximum atomic E-state index is 11.8. The third kappa shape index (κ3) is 5.02. The van der Waals surface area contributed by atoms with Crippen molar-refractivity contribution in [1.29, 1.82) is 0 Å². The highest BCUT2D eigenvalue weighted by Crippen LogP contribution is 2.10. The van der Waals surface area contributed by atoms with E-state index < -0.39 is 0 Å². The predicted molar refractivity (Wildman–Crippen MR) is 71.7 cm³/mol. The molecule has 18 heavy (non-hydrogen) atoms. The molecule has 0 fully saturated rings. The molecule has 0 aliphatic rings. The minimum Gasteiger partial charge on any atom is -0.396 e. The summed E-state index contributed by atoms with van der Waals surface area (Å²) >= 11 is 5.70. The number of pyridine rings is 1. The fourth-order valence-electron chi connectivity index (χ4n) is 1.78. The number of aromatic nitrogens is 1. The van der Waals surface area contributed by atoms with Crippen LogP contribution in [-0.4, -0.2) is 29.1 Å². The summed E-state index contributed by atoms with van der Waals surface area (Å²) in [6, 6.07) is 3.24. The number of hydrogen-bond acceptors (Lipinski definition) is 3. The molecule has 1 unspecified atom stereocenters. The summed E-state index contributed by atoms with van der Waals surface area (Å²) in [5, 5.41) is 12.3. The van der Waals surface area contributed by atoms with Gasteiger partial charge in [0.1, 0.15) is 5.69 Å². The summed E-state index contributed by atoms with van der Waals surface area (Å²) in [5.41, 5.74) is 0.360. The van der Waals surface area contributed by atoms with Crippen molar-refractivity contribution in [2.24, 2.45) is 5.92 Å². The second-order valence-corrected chi connectivity index (χ2v) is 4.68. The summed E-state index contributed by atoms with van der Waals surface area (Å²) in [4.78, 5) is 15.7. The van der Waals surface area contributed by atoms with Crippen molar-refractivity contribution in [2.45, 2.75) is 26.2 Å².